The van der Waals surface area contributed by atoms with Crippen LogP contribution in [-0.4, -0.2) is 78.1 Å². The minimum Gasteiger partial charge on any atom is -0.489 e. The van der Waals surface area contributed by atoms with Crippen molar-refractivity contribution in [2.45, 2.75) is 13.8 Å². The first-order chi connectivity index (χ1) is 19.5. The summed E-state index contributed by atoms with van der Waals surface area (Å²) in [6, 6.07) is 13.0. The molecule has 2 aromatic carbocycles. The van der Waals surface area contributed by atoms with Crippen molar-refractivity contribution in [1.82, 2.24) is 4.90 Å². The molecule has 0 bridgehead atoms. The van der Waals surface area contributed by atoms with Crippen molar-refractivity contribution >= 4 is 35.2 Å². The average molecular weight is 563 g/mol. The number of hydrogen-bond donors (Lipinski definition) is 1. The number of amidine groups is 1. The second kappa shape index (κ2) is 16.0. The van der Waals surface area contributed by atoms with Crippen LogP contribution in [0.4, 0.5) is 17.1 Å². The predicted molar refractivity (Wildman–Crippen MR) is 168 cm³/mol. The standard InChI is InChI=1S/C31H42N6O4/c1-9-33-31(30(24(3)32)35(6)25-14-12-23(2)13-15-25)37(22-38)26-16-17-28(41-20-19-40-8)27(21-26)36(7)29(39)11-10-18-34(4)5/h9-17,21-22H,1,18-20,32H2,2-8H3/b11-10+,30-24-,33-31?. The van der Waals surface area contributed by atoms with Crippen molar-refractivity contribution in [2.75, 3.05) is 69.8 Å². The Bertz CT molecular complexity index is 1280. The molecule has 0 aliphatic heterocycles. The number of benzene rings is 2. The maximum Gasteiger partial charge on any atom is 0.250 e. The van der Waals surface area contributed by atoms with Crippen LogP contribution >= 0.6 is 0 Å². The van der Waals surface area contributed by atoms with Crippen LogP contribution in [-0.2, 0) is 14.3 Å². The normalized spacial score (nSPS) is 12.2. The Labute approximate surface area is 243 Å². The van der Waals surface area contributed by atoms with Crippen molar-refractivity contribution in [3.05, 3.63) is 84.4 Å². The molecule has 0 saturated carbocycles. The molecule has 0 aromatic heterocycles. The highest BCUT2D eigenvalue weighted by Crippen LogP contribution is 2.34. The number of nitrogens with two attached hydrogens (primary N) is 1. The number of aliphatic imine (C=N–C) groups is 1. The van der Waals surface area contributed by atoms with E-state index in [9.17, 15) is 9.59 Å². The molecular weight excluding hydrogens is 520 g/mol. The fourth-order valence-corrected chi connectivity index (χ4v) is 3.91. The number of aryl methyl sites for hydroxylation is 1. The highest BCUT2D eigenvalue weighted by atomic mass is 16.5. The van der Waals surface area contributed by atoms with Gasteiger partial charge in [0.05, 0.1) is 18.0 Å². The molecule has 2 N–H and O–H groups in total. The van der Waals surface area contributed by atoms with Gasteiger partial charge in [0.2, 0.25) is 6.41 Å². The van der Waals surface area contributed by atoms with Gasteiger partial charge in [-0.25, -0.2) is 4.99 Å². The van der Waals surface area contributed by atoms with Crippen LogP contribution in [0, 0.1) is 6.92 Å². The molecule has 2 rings (SSSR count). The Balaban J connectivity index is 2.61. The van der Waals surface area contributed by atoms with Gasteiger partial charge in [0.15, 0.2) is 5.84 Å². The molecule has 0 heterocycles. The summed E-state index contributed by atoms with van der Waals surface area (Å²) in [6.45, 7) is 8.76. The van der Waals surface area contributed by atoms with E-state index < -0.39 is 0 Å². The molecule has 2 amide bonds. The SMILES string of the molecule is C=CN=C(/C(=C(\C)N)N(C)c1ccc(C)cc1)N(C=O)c1ccc(OCCOC)c(N(C)C(=O)/C=C/CN(C)C)c1. The fraction of sp³-hybridized carbons (Fsp3) is 0.323. The Morgan fingerprint density at radius 2 is 1.68 bits per heavy atom. The van der Waals surface area contributed by atoms with Crippen molar-refractivity contribution in [3.63, 3.8) is 0 Å². The van der Waals surface area contributed by atoms with Crippen LogP contribution in [0.3, 0.4) is 0 Å². The van der Waals surface area contributed by atoms with Crippen molar-refractivity contribution in [1.29, 1.82) is 0 Å². The average Bonchev–Trinajstić information content (AvgIpc) is 2.93. The monoisotopic (exact) mass is 562 g/mol. The maximum atomic E-state index is 13.1. The first kappa shape index (κ1) is 32.8. The van der Waals surface area contributed by atoms with Gasteiger partial charge in [0.25, 0.3) is 5.91 Å². The number of carbonyl (C=O) groups is 2. The van der Waals surface area contributed by atoms with E-state index in [1.807, 2.05) is 62.1 Å². The molecular formula is C31H42N6O4. The molecule has 2 aromatic rings. The van der Waals surface area contributed by atoms with Gasteiger partial charge in [0.1, 0.15) is 18.1 Å². The largest absolute Gasteiger partial charge is 0.489 e. The molecule has 41 heavy (non-hydrogen) atoms. The summed E-state index contributed by atoms with van der Waals surface area (Å²) in [4.78, 5) is 36.8. The van der Waals surface area contributed by atoms with E-state index >= 15 is 0 Å². The van der Waals surface area contributed by atoms with Crippen LogP contribution in [0.1, 0.15) is 12.5 Å². The zero-order valence-electron chi connectivity index (χ0n) is 25.1. The lowest BCUT2D eigenvalue weighted by Gasteiger charge is -2.30. The third kappa shape index (κ3) is 9.06. The Hall–Kier alpha value is -4.41. The van der Waals surface area contributed by atoms with Crippen LogP contribution in [0.25, 0.3) is 0 Å². The molecule has 0 aliphatic carbocycles. The number of methoxy groups -OCH3 is 1. The fourth-order valence-electron chi connectivity index (χ4n) is 3.91. The van der Waals surface area contributed by atoms with Crippen LogP contribution in [0.2, 0.25) is 0 Å². The summed E-state index contributed by atoms with van der Waals surface area (Å²) >= 11 is 0. The van der Waals surface area contributed by atoms with Gasteiger partial charge >= 0.3 is 0 Å². The van der Waals surface area contributed by atoms with E-state index in [1.165, 1.54) is 22.1 Å². The van der Waals surface area contributed by atoms with E-state index in [1.54, 1.807) is 45.4 Å². The summed E-state index contributed by atoms with van der Waals surface area (Å²) < 4.78 is 11.0. The molecule has 0 aliphatic rings. The van der Waals surface area contributed by atoms with Gasteiger partial charge in [-0.15, -0.1) is 0 Å². The van der Waals surface area contributed by atoms with Crippen LogP contribution in [0.15, 0.2) is 83.8 Å². The van der Waals surface area contributed by atoms with E-state index in [0.29, 0.717) is 48.1 Å². The number of amides is 2. The number of rotatable bonds is 14. The van der Waals surface area contributed by atoms with Gasteiger partial charge in [0, 0.05) is 51.4 Å². The minimum absolute atomic E-state index is 0.254. The number of ether oxygens (including phenoxy) is 2. The molecule has 0 saturated heterocycles. The third-order valence-electron chi connectivity index (χ3n) is 6.08. The second-order valence-corrected chi connectivity index (χ2v) is 9.59. The second-order valence-electron chi connectivity index (χ2n) is 9.59. The number of anilines is 3. The zero-order chi connectivity index (χ0) is 30.5. The lowest BCUT2D eigenvalue weighted by atomic mass is 10.1. The molecule has 0 atom stereocenters. The first-order valence-electron chi connectivity index (χ1n) is 13.1. The minimum atomic E-state index is -0.254. The number of likely N-dealkylation sites (N-methyl/N-ethyl adjacent to an activating group) is 3. The molecule has 0 spiro atoms. The van der Waals surface area contributed by atoms with E-state index in [4.69, 9.17) is 15.2 Å². The smallest absolute Gasteiger partial charge is 0.250 e. The van der Waals surface area contributed by atoms with Crippen LogP contribution < -0.4 is 25.2 Å². The van der Waals surface area contributed by atoms with Gasteiger partial charge in [-0.05, 0) is 58.3 Å². The van der Waals surface area contributed by atoms with Crippen molar-refractivity contribution < 1.29 is 19.1 Å². The summed E-state index contributed by atoms with van der Waals surface area (Å²) in [7, 11) is 8.92. The van der Waals surface area contributed by atoms with Gasteiger partial charge in [-0.3, -0.25) is 14.5 Å². The summed E-state index contributed by atoms with van der Waals surface area (Å²) in [5, 5.41) is 0. The van der Waals surface area contributed by atoms with Gasteiger partial charge in [-0.1, -0.05) is 30.4 Å². The quantitative estimate of drug-likeness (QED) is 0.122. The predicted octanol–water partition coefficient (Wildman–Crippen LogP) is 3.93. The van der Waals surface area contributed by atoms with Crippen molar-refractivity contribution in [2.24, 2.45) is 10.7 Å². The van der Waals surface area contributed by atoms with E-state index in [0.717, 1.165) is 11.3 Å². The van der Waals surface area contributed by atoms with Crippen molar-refractivity contribution in [3.8, 4) is 5.75 Å². The zero-order valence-corrected chi connectivity index (χ0v) is 25.1. The third-order valence-corrected chi connectivity index (χ3v) is 6.08. The number of nitrogens with zero attached hydrogens (tertiary/aromatic N) is 5. The molecule has 0 unspecified atom stereocenters. The summed E-state index contributed by atoms with van der Waals surface area (Å²) in [6.07, 6.45) is 5.29. The number of allylic oxidation sites excluding steroid dienone is 1. The molecule has 10 heteroatoms. The molecule has 0 radical (unpaired) electrons. The van der Waals surface area contributed by atoms with Crippen LogP contribution in [0.5, 0.6) is 5.75 Å². The summed E-state index contributed by atoms with van der Waals surface area (Å²) in [5.41, 5.74) is 10.2. The number of hydrogen-bond acceptors (Lipinski definition) is 8. The van der Waals surface area contributed by atoms with E-state index in [2.05, 4.69) is 11.6 Å². The Morgan fingerprint density at radius 3 is 2.24 bits per heavy atom. The maximum absolute atomic E-state index is 13.1. The summed E-state index contributed by atoms with van der Waals surface area (Å²) in [5.74, 6) is 0.464. The lowest BCUT2D eigenvalue weighted by molar-refractivity contribution is -0.114. The van der Waals surface area contributed by atoms with E-state index in [-0.39, 0.29) is 18.3 Å². The lowest BCUT2D eigenvalue weighted by Crippen LogP contribution is -2.38. The molecule has 0 fully saturated rings. The Kier molecular flexibility index (Phi) is 12.8. The highest BCUT2D eigenvalue weighted by molar-refractivity contribution is 6.20. The molecule has 220 valence electrons. The Morgan fingerprint density at radius 1 is 1.02 bits per heavy atom. The highest BCUT2D eigenvalue weighted by Gasteiger charge is 2.25. The van der Waals surface area contributed by atoms with Gasteiger partial charge < -0.3 is 29.9 Å². The van der Waals surface area contributed by atoms with Gasteiger partial charge in [-0.2, -0.15) is 0 Å². The first-order valence-corrected chi connectivity index (χ1v) is 13.1. The topological polar surface area (TPSA) is 104 Å². The molecule has 10 nitrogen and oxygen atoms in total. The number of carbonyl (C=O) groups excluding carboxylic acids is 2.